The van der Waals surface area contributed by atoms with Crippen LogP contribution in [0.2, 0.25) is 5.02 Å². The molecule has 8 heteroatoms. The second-order valence-electron chi connectivity index (χ2n) is 7.47. The number of aromatic amines is 1. The van der Waals surface area contributed by atoms with Gasteiger partial charge in [-0.3, -0.25) is 9.69 Å². The van der Waals surface area contributed by atoms with E-state index in [1.807, 2.05) is 4.90 Å². The maximum atomic E-state index is 14.5. The summed E-state index contributed by atoms with van der Waals surface area (Å²) in [6.07, 6.45) is 4.55. The molecule has 4 rings (SSSR count). The minimum absolute atomic E-state index is 0.0280. The number of H-pyrrole nitrogens is 1. The second kappa shape index (κ2) is 8.70. The third-order valence-electron chi connectivity index (χ3n) is 5.58. The molecule has 2 aromatic carbocycles. The zero-order chi connectivity index (χ0) is 21.3. The summed E-state index contributed by atoms with van der Waals surface area (Å²) in [4.78, 5) is 17.8. The Bertz CT molecular complexity index is 1060. The standard InChI is InChI=1S/C22H21ClF3N3O/c23-21-14-6-7-27-18(14)5-4-15(21)22(30)28-12-19(29-8-2-1-3-9-29)20-16(25)10-13(24)11-17(20)26/h4-7,10-11,19,27H,1-3,8-9,12H2,(H,28,30). The maximum Gasteiger partial charge on any atom is 0.252 e. The fourth-order valence-electron chi connectivity index (χ4n) is 4.07. The summed E-state index contributed by atoms with van der Waals surface area (Å²) < 4.78 is 42.5. The molecular formula is C22H21ClF3N3O. The molecule has 1 amide bonds. The number of amides is 1. The number of benzene rings is 2. The first kappa shape index (κ1) is 20.8. The van der Waals surface area contributed by atoms with Gasteiger partial charge in [-0.05, 0) is 44.1 Å². The number of rotatable bonds is 5. The van der Waals surface area contributed by atoms with Gasteiger partial charge in [0.05, 0.1) is 16.6 Å². The topological polar surface area (TPSA) is 48.1 Å². The van der Waals surface area contributed by atoms with E-state index in [4.69, 9.17) is 11.6 Å². The Balaban J connectivity index is 1.60. The number of nitrogens with zero attached hydrogens (tertiary/aromatic N) is 1. The van der Waals surface area contributed by atoms with Crippen LogP contribution in [0.15, 0.2) is 36.5 Å². The summed E-state index contributed by atoms with van der Waals surface area (Å²) >= 11 is 6.37. The lowest BCUT2D eigenvalue weighted by molar-refractivity contribution is 0.0921. The van der Waals surface area contributed by atoms with Gasteiger partial charge in [0.2, 0.25) is 0 Å². The Morgan fingerprint density at radius 2 is 1.80 bits per heavy atom. The van der Waals surface area contributed by atoms with Crippen molar-refractivity contribution in [2.24, 2.45) is 0 Å². The number of carbonyl (C=O) groups excluding carboxylic acids is 1. The van der Waals surface area contributed by atoms with Gasteiger partial charge in [0.15, 0.2) is 0 Å². The molecule has 1 aromatic heterocycles. The first-order chi connectivity index (χ1) is 14.5. The van der Waals surface area contributed by atoms with Crippen LogP contribution in [0.3, 0.4) is 0 Å². The van der Waals surface area contributed by atoms with Crippen LogP contribution in [0.4, 0.5) is 13.2 Å². The molecule has 1 aliphatic heterocycles. The number of piperidine rings is 1. The fraction of sp³-hybridized carbons (Fsp3) is 0.318. The van der Waals surface area contributed by atoms with Gasteiger partial charge in [0.25, 0.3) is 5.91 Å². The van der Waals surface area contributed by atoms with Crippen LogP contribution in [0.1, 0.15) is 41.2 Å². The zero-order valence-corrected chi connectivity index (χ0v) is 16.9. The van der Waals surface area contributed by atoms with E-state index in [1.165, 1.54) is 0 Å². The minimum Gasteiger partial charge on any atom is -0.361 e. The third kappa shape index (κ3) is 4.04. The van der Waals surface area contributed by atoms with Crippen LogP contribution < -0.4 is 5.32 Å². The smallest absolute Gasteiger partial charge is 0.252 e. The molecule has 4 nitrogen and oxygen atoms in total. The highest BCUT2D eigenvalue weighted by molar-refractivity contribution is 6.38. The number of likely N-dealkylation sites (tertiary alicyclic amines) is 1. The Labute approximate surface area is 177 Å². The van der Waals surface area contributed by atoms with E-state index in [0.29, 0.717) is 35.6 Å². The van der Waals surface area contributed by atoms with Crippen molar-refractivity contribution in [3.8, 4) is 0 Å². The molecular weight excluding hydrogens is 415 g/mol. The van der Waals surface area contributed by atoms with E-state index < -0.39 is 29.4 Å². The zero-order valence-electron chi connectivity index (χ0n) is 16.2. The van der Waals surface area contributed by atoms with Gasteiger partial charge in [-0.1, -0.05) is 18.0 Å². The van der Waals surface area contributed by atoms with E-state index in [-0.39, 0.29) is 17.7 Å². The van der Waals surface area contributed by atoms with Crippen LogP contribution in [0, 0.1) is 17.5 Å². The number of nitrogens with one attached hydrogen (secondary N) is 2. The van der Waals surface area contributed by atoms with Gasteiger partial charge >= 0.3 is 0 Å². The number of hydrogen-bond acceptors (Lipinski definition) is 2. The van der Waals surface area contributed by atoms with Crippen molar-refractivity contribution in [3.05, 3.63) is 70.1 Å². The van der Waals surface area contributed by atoms with Crippen molar-refractivity contribution in [3.63, 3.8) is 0 Å². The molecule has 1 atom stereocenters. The quantitative estimate of drug-likeness (QED) is 0.579. The number of hydrogen-bond donors (Lipinski definition) is 2. The van der Waals surface area contributed by atoms with Crippen LogP contribution in [-0.4, -0.2) is 35.4 Å². The van der Waals surface area contributed by atoms with E-state index in [1.54, 1.807) is 24.4 Å². The van der Waals surface area contributed by atoms with E-state index in [2.05, 4.69) is 10.3 Å². The molecule has 1 unspecified atom stereocenters. The van der Waals surface area contributed by atoms with Gasteiger partial charge in [0.1, 0.15) is 17.5 Å². The molecule has 0 spiro atoms. The van der Waals surface area contributed by atoms with Crippen molar-refractivity contribution in [1.82, 2.24) is 15.2 Å². The number of fused-ring (bicyclic) bond motifs is 1. The normalized spacial score (nSPS) is 16.0. The van der Waals surface area contributed by atoms with Gasteiger partial charge in [-0.25, -0.2) is 13.2 Å². The molecule has 2 N–H and O–H groups in total. The highest BCUT2D eigenvalue weighted by atomic mass is 35.5. The van der Waals surface area contributed by atoms with Crippen molar-refractivity contribution >= 4 is 28.4 Å². The Hall–Kier alpha value is -2.51. The first-order valence-electron chi connectivity index (χ1n) is 9.88. The average Bonchev–Trinajstić information content (AvgIpc) is 3.20. The van der Waals surface area contributed by atoms with E-state index >= 15 is 0 Å². The summed E-state index contributed by atoms with van der Waals surface area (Å²) in [5.41, 5.74) is 0.852. The largest absolute Gasteiger partial charge is 0.361 e. The fourth-order valence-corrected chi connectivity index (χ4v) is 4.39. The molecule has 3 aromatic rings. The van der Waals surface area contributed by atoms with Crippen LogP contribution in [0.5, 0.6) is 0 Å². The molecule has 2 heterocycles. The predicted octanol–water partition coefficient (Wildman–Crippen LogP) is 5.20. The monoisotopic (exact) mass is 435 g/mol. The Morgan fingerprint density at radius 1 is 1.10 bits per heavy atom. The lowest BCUT2D eigenvalue weighted by Gasteiger charge is -2.35. The minimum atomic E-state index is -0.971. The van der Waals surface area contributed by atoms with Crippen molar-refractivity contribution < 1.29 is 18.0 Å². The SMILES string of the molecule is O=C(NCC(c1c(F)cc(F)cc1F)N1CCCCC1)c1ccc2[nH]ccc2c1Cl. The van der Waals surface area contributed by atoms with Gasteiger partial charge in [-0.15, -0.1) is 0 Å². The molecule has 158 valence electrons. The molecule has 0 radical (unpaired) electrons. The Kier molecular flexibility index (Phi) is 6.01. The highest BCUT2D eigenvalue weighted by Crippen LogP contribution is 2.30. The van der Waals surface area contributed by atoms with Crippen molar-refractivity contribution in [2.45, 2.75) is 25.3 Å². The number of halogens is 4. The molecule has 1 fully saturated rings. The lowest BCUT2D eigenvalue weighted by atomic mass is 10.00. The van der Waals surface area contributed by atoms with Crippen LogP contribution in [-0.2, 0) is 0 Å². The maximum absolute atomic E-state index is 14.5. The van der Waals surface area contributed by atoms with E-state index in [9.17, 15) is 18.0 Å². The third-order valence-corrected chi connectivity index (χ3v) is 5.98. The molecule has 1 saturated heterocycles. The summed E-state index contributed by atoms with van der Waals surface area (Å²) in [5.74, 6) is -3.32. The summed E-state index contributed by atoms with van der Waals surface area (Å²) in [5, 5.41) is 3.78. The second-order valence-corrected chi connectivity index (χ2v) is 7.85. The predicted molar refractivity (Wildman–Crippen MR) is 110 cm³/mol. The highest BCUT2D eigenvalue weighted by Gasteiger charge is 2.29. The lowest BCUT2D eigenvalue weighted by Crippen LogP contribution is -2.41. The van der Waals surface area contributed by atoms with Gasteiger partial charge in [0, 0.05) is 41.3 Å². The van der Waals surface area contributed by atoms with Crippen molar-refractivity contribution in [2.75, 3.05) is 19.6 Å². The average molecular weight is 436 g/mol. The molecule has 0 aliphatic carbocycles. The van der Waals surface area contributed by atoms with Crippen LogP contribution in [0.25, 0.3) is 10.9 Å². The van der Waals surface area contributed by atoms with Crippen LogP contribution >= 0.6 is 11.6 Å². The summed E-state index contributed by atoms with van der Waals surface area (Å²) in [6, 6.07) is 5.73. The van der Waals surface area contributed by atoms with Gasteiger partial charge < -0.3 is 10.3 Å². The van der Waals surface area contributed by atoms with Crippen molar-refractivity contribution in [1.29, 1.82) is 0 Å². The Morgan fingerprint density at radius 3 is 2.50 bits per heavy atom. The molecule has 0 saturated carbocycles. The molecule has 1 aliphatic rings. The first-order valence-corrected chi connectivity index (χ1v) is 10.3. The van der Waals surface area contributed by atoms with Gasteiger partial charge in [-0.2, -0.15) is 0 Å². The molecule has 0 bridgehead atoms. The number of carbonyl (C=O) groups is 1. The van der Waals surface area contributed by atoms with E-state index in [0.717, 1.165) is 24.8 Å². The summed E-state index contributed by atoms with van der Waals surface area (Å²) in [6.45, 7) is 1.26. The number of aromatic nitrogens is 1. The molecule has 30 heavy (non-hydrogen) atoms. The summed E-state index contributed by atoms with van der Waals surface area (Å²) in [7, 11) is 0.